The van der Waals surface area contributed by atoms with Crippen LogP contribution in [-0.4, -0.2) is 38.7 Å². The third kappa shape index (κ3) is 3.52. The number of urea groups is 1. The molecule has 1 saturated heterocycles. The van der Waals surface area contributed by atoms with Gasteiger partial charge in [0.05, 0.1) is 0 Å². The van der Waals surface area contributed by atoms with Gasteiger partial charge >= 0.3 is 6.03 Å². The van der Waals surface area contributed by atoms with E-state index in [9.17, 15) is 4.79 Å². The molecule has 2 amide bonds. The number of nitrogens with zero attached hydrogens (tertiary/aromatic N) is 5. The van der Waals surface area contributed by atoms with Crippen molar-refractivity contribution in [2.45, 2.75) is 19.4 Å². The number of hydrogen-bond acceptors (Lipinski definition) is 5. The van der Waals surface area contributed by atoms with Crippen LogP contribution < -0.4 is 15.5 Å². The Morgan fingerprint density at radius 3 is 2.92 bits per heavy atom. The van der Waals surface area contributed by atoms with E-state index in [1.165, 1.54) is 12.8 Å². The number of hydrogen-bond donors (Lipinski definition) is 2. The topological polar surface area (TPSA) is 87.5 Å². The Balaban J connectivity index is 1.36. The standard InChI is InChI=1S/C17H19N7O/c25-17(21-16-20-14-5-1-2-10-24(14)22-16)19-12-13-6-7-18-15(11-13)23-8-3-4-9-23/h1-2,5-7,10-11H,3-4,8-9,12H2,(H2,19,21,22,25). The quantitative estimate of drug-likeness (QED) is 0.761. The smallest absolute Gasteiger partial charge is 0.321 e. The van der Waals surface area contributed by atoms with E-state index in [1.807, 2.05) is 30.3 Å². The van der Waals surface area contributed by atoms with Crippen LogP contribution in [0.5, 0.6) is 0 Å². The number of fused-ring (bicyclic) bond motifs is 1. The summed E-state index contributed by atoms with van der Waals surface area (Å²) in [5.74, 6) is 1.25. The Bertz CT molecular complexity index is 852. The number of rotatable bonds is 4. The van der Waals surface area contributed by atoms with Crippen molar-refractivity contribution in [3.63, 3.8) is 0 Å². The van der Waals surface area contributed by atoms with Gasteiger partial charge in [-0.15, -0.1) is 5.10 Å². The van der Waals surface area contributed by atoms with Gasteiger partial charge in [0.25, 0.3) is 5.95 Å². The number of carbonyl (C=O) groups is 1. The van der Waals surface area contributed by atoms with Gasteiger partial charge in [0.15, 0.2) is 5.65 Å². The Morgan fingerprint density at radius 1 is 1.20 bits per heavy atom. The average molecular weight is 337 g/mol. The summed E-state index contributed by atoms with van der Waals surface area (Å²) in [4.78, 5) is 23.0. The zero-order valence-corrected chi connectivity index (χ0v) is 13.7. The lowest BCUT2D eigenvalue weighted by molar-refractivity contribution is 0.251. The monoisotopic (exact) mass is 337 g/mol. The molecule has 0 aromatic carbocycles. The van der Waals surface area contributed by atoms with Crippen LogP contribution in [0.4, 0.5) is 16.6 Å². The van der Waals surface area contributed by atoms with Gasteiger partial charge in [-0.3, -0.25) is 5.32 Å². The van der Waals surface area contributed by atoms with Gasteiger partial charge < -0.3 is 10.2 Å². The lowest BCUT2D eigenvalue weighted by atomic mass is 10.2. The van der Waals surface area contributed by atoms with E-state index >= 15 is 0 Å². The van der Waals surface area contributed by atoms with Gasteiger partial charge in [-0.1, -0.05) is 6.07 Å². The first-order valence-electron chi connectivity index (χ1n) is 8.34. The maximum atomic E-state index is 12.1. The van der Waals surface area contributed by atoms with Crippen molar-refractivity contribution in [3.05, 3.63) is 48.3 Å². The Labute approximate surface area is 144 Å². The molecule has 0 radical (unpaired) electrons. The molecule has 0 aliphatic carbocycles. The van der Waals surface area contributed by atoms with Crippen LogP contribution in [0.3, 0.4) is 0 Å². The third-order valence-corrected chi connectivity index (χ3v) is 4.16. The largest absolute Gasteiger partial charge is 0.357 e. The number of nitrogens with one attached hydrogen (secondary N) is 2. The number of pyridine rings is 2. The molecule has 0 unspecified atom stereocenters. The van der Waals surface area contributed by atoms with Crippen LogP contribution >= 0.6 is 0 Å². The summed E-state index contributed by atoms with van der Waals surface area (Å²) in [5.41, 5.74) is 1.69. The summed E-state index contributed by atoms with van der Waals surface area (Å²) in [6.07, 6.45) is 5.98. The van der Waals surface area contributed by atoms with Crippen molar-refractivity contribution in [1.82, 2.24) is 24.9 Å². The molecule has 25 heavy (non-hydrogen) atoms. The molecule has 0 bridgehead atoms. The molecule has 8 nitrogen and oxygen atoms in total. The number of aromatic nitrogens is 4. The lowest BCUT2D eigenvalue weighted by Crippen LogP contribution is -2.29. The fourth-order valence-electron chi connectivity index (χ4n) is 2.90. The SMILES string of the molecule is O=C(NCc1ccnc(N2CCCC2)c1)Nc1nc2ccccn2n1. The summed E-state index contributed by atoms with van der Waals surface area (Å²) >= 11 is 0. The molecular formula is C17H19N7O. The second-order valence-electron chi connectivity index (χ2n) is 5.96. The zero-order valence-electron chi connectivity index (χ0n) is 13.7. The molecule has 128 valence electrons. The maximum Gasteiger partial charge on any atom is 0.321 e. The molecule has 8 heteroatoms. The minimum absolute atomic E-state index is 0.274. The van der Waals surface area contributed by atoms with Crippen molar-refractivity contribution < 1.29 is 4.79 Å². The molecule has 3 aromatic rings. The molecule has 0 spiro atoms. The van der Waals surface area contributed by atoms with Crippen LogP contribution in [0.15, 0.2) is 42.7 Å². The van der Waals surface area contributed by atoms with Crippen molar-refractivity contribution in [1.29, 1.82) is 0 Å². The Kier molecular flexibility index (Phi) is 4.16. The predicted molar refractivity (Wildman–Crippen MR) is 94.5 cm³/mol. The highest BCUT2D eigenvalue weighted by Gasteiger charge is 2.14. The molecule has 1 aliphatic heterocycles. The van der Waals surface area contributed by atoms with Crippen LogP contribution in [0.25, 0.3) is 5.65 Å². The van der Waals surface area contributed by atoms with Gasteiger partial charge in [-0.05, 0) is 42.7 Å². The van der Waals surface area contributed by atoms with E-state index in [2.05, 4.69) is 30.6 Å². The summed E-state index contributed by atoms with van der Waals surface area (Å²) in [7, 11) is 0. The molecule has 1 aliphatic rings. The van der Waals surface area contributed by atoms with Gasteiger partial charge in [0.1, 0.15) is 5.82 Å². The highest BCUT2D eigenvalue weighted by atomic mass is 16.2. The van der Waals surface area contributed by atoms with Gasteiger partial charge in [-0.25, -0.2) is 14.3 Å². The summed E-state index contributed by atoms with van der Waals surface area (Å²) in [6.45, 7) is 2.51. The predicted octanol–water partition coefficient (Wildman–Crippen LogP) is 2.05. The summed E-state index contributed by atoms with van der Waals surface area (Å²) in [5, 5.41) is 9.67. The Morgan fingerprint density at radius 2 is 2.08 bits per heavy atom. The molecule has 1 fully saturated rings. The molecule has 0 saturated carbocycles. The normalized spacial score (nSPS) is 14.0. The first-order chi connectivity index (χ1) is 12.3. The van der Waals surface area contributed by atoms with Crippen LogP contribution in [0, 0.1) is 0 Å². The van der Waals surface area contributed by atoms with E-state index < -0.39 is 0 Å². The number of carbonyl (C=O) groups excluding carboxylic acids is 1. The average Bonchev–Trinajstić information content (AvgIpc) is 3.29. The van der Waals surface area contributed by atoms with E-state index in [0.717, 1.165) is 24.5 Å². The second kappa shape index (κ2) is 6.76. The minimum atomic E-state index is -0.338. The minimum Gasteiger partial charge on any atom is -0.357 e. The van der Waals surface area contributed by atoms with Crippen molar-refractivity contribution >= 4 is 23.4 Å². The molecule has 4 rings (SSSR count). The molecular weight excluding hydrogens is 318 g/mol. The first kappa shape index (κ1) is 15.4. The van der Waals surface area contributed by atoms with Gasteiger partial charge in [0.2, 0.25) is 0 Å². The van der Waals surface area contributed by atoms with Crippen LogP contribution in [0.1, 0.15) is 18.4 Å². The molecule has 4 heterocycles. The molecule has 2 N–H and O–H groups in total. The van der Waals surface area contributed by atoms with Gasteiger partial charge in [0, 0.05) is 32.0 Å². The fourth-order valence-corrected chi connectivity index (χ4v) is 2.90. The van der Waals surface area contributed by atoms with Crippen molar-refractivity contribution in [3.8, 4) is 0 Å². The number of anilines is 2. The van der Waals surface area contributed by atoms with E-state index in [1.54, 1.807) is 16.9 Å². The highest BCUT2D eigenvalue weighted by Crippen LogP contribution is 2.18. The second-order valence-corrected chi connectivity index (χ2v) is 5.96. The van der Waals surface area contributed by atoms with E-state index in [0.29, 0.717) is 12.2 Å². The zero-order chi connectivity index (χ0) is 17.1. The van der Waals surface area contributed by atoms with E-state index in [-0.39, 0.29) is 12.0 Å². The van der Waals surface area contributed by atoms with Crippen molar-refractivity contribution in [2.24, 2.45) is 0 Å². The summed E-state index contributed by atoms with van der Waals surface area (Å²) in [6, 6.07) is 9.14. The summed E-state index contributed by atoms with van der Waals surface area (Å²) < 4.78 is 1.61. The molecule has 3 aromatic heterocycles. The van der Waals surface area contributed by atoms with Crippen molar-refractivity contribution in [2.75, 3.05) is 23.3 Å². The van der Waals surface area contributed by atoms with Crippen LogP contribution in [0.2, 0.25) is 0 Å². The number of amides is 2. The van der Waals surface area contributed by atoms with Crippen LogP contribution in [-0.2, 0) is 6.54 Å². The third-order valence-electron chi connectivity index (χ3n) is 4.16. The highest BCUT2D eigenvalue weighted by molar-refractivity contribution is 5.87. The van der Waals surface area contributed by atoms with E-state index in [4.69, 9.17) is 0 Å². The fraction of sp³-hybridized carbons (Fsp3) is 0.294. The molecule has 0 atom stereocenters. The first-order valence-corrected chi connectivity index (χ1v) is 8.34. The van der Waals surface area contributed by atoms with Gasteiger partial charge in [-0.2, -0.15) is 4.98 Å². The Hall–Kier alpha value is -3.16. The maximum absolute atomic E-state index is 12.1. The lowest BCUT2D eigenvalue weighted by Gasteiger charge is -2.16.